The number of hydrogen-bond donors (Lipinski definition) is 1. The molecular formula is C11H20O3. The van der Waals surface area contributed by atoms with Crippen LogP contribution in [0.1, 0.15) is 40.0 Å². The summed E-state index contributed by atoms with van der Waals surface area (Å²) in [5.41, 5.74) is 0.311. The van der Waals surface area contributed by atoms with Crippen molar-refractivity contribution in [3.63, 3.8) is 0 Å². The lowest BCUT2D eigenvalue weighted by Crippen LogP contribution is -2.21. The summed E-state index contributed by atoms with van der Waals surface area (Å²) in [4.78, 5) is 10.5. The number of unbranched alkanes of at least 4 members (excludes halogenated alkanes) is 1. The third-order valence-electron chi connectivity index (χ3n) is 2.32. The molecule has 0 aromatic heterocycles. The Morgan fingerprint density at radius 1 is 1.50 bits per heavy atom. The zero-order valence-corrected chi connectivity index (χ0v) is 9.46. The van der Waals surface area contributed by atoms with E-state index in [0.29, 0.717) is 5.57 Å². The van der Waals surface area contributed by atoms with E-state index in [1.807, 2.05) is 13.8 Å². The summed E-state index contributed by atoms with van der Waals surface area (Å²) < 4.78 is 5.26. The molecule has 3 nitrogen and oxygen atoms in total. The van der Waals surface area contributed by atoms with Gasteiger partial charge >= 0.3 is 5.97 Å². The second-order valence-corrected chi connectivity index (χ2v) is 4.05. The smallest absolute Gasteiger partial charge is 0.330 e. The Morgan fingerprint density at radius 3 is 2.50 bits per heavy atom. The average molecular weight is 200 g/mol. The minimum absolute atomic E-state index is 0.106. The molecule has 0 radical (unpaired) electrons. The number of carboxylic acid groups (broad SMARTS) is 1. The van der Waals surface area contributed by atoms with Crippen LogP contribution in [0.5, 0.6) is 0 Å². The first-order valence-corrected chi connectivity index (χ1v) is 4.84. The summed E-state index contributed by atoms with van der Waals surface area (Å²) in [6.07, 6.45) is 4.44. The molecule has 0 saturated heterocycles. The molecule has 0 aliphatic carbocycles. The molecule has 0 bridgehead atoms. The molecule has 0 aromatic rings. The Morgan fingerprint density at radius 2 is 2.07 bits per heavy atom. The molecule has 0 aromatic carbocycles. The normalized spacial score (nSPS) is 13.0. The third kappa shape index (κ3) is 5.75. The van der Waals surface area contributed by atoms with Gasteiger partial charge in [0, 0.05) is 12.7 Å². The largest absolute Gasteiger partial charge is 0.478 e. The summed E-state index contributed by atoms with van der Waals surface area (Å²) >= 11 is 0. The highest BCUT2D eigenvalue weighted by Gasteiger charge is 2.14. The molecule has 0 heterocycles. The fourth-order valence-electron chi connectivity index (χ4n) is 1.04. The molecule has 0 rings (SSSR count). The fraction of sp³-hybridized carbons (Fsp3) is 0.727. The second kappa shape index (κ2) is 5.81. The summed E-state index contributed by atoms with van der Waals surface area (Å²) in [7, 11) is 1.69. The van der Waals surface area contributed by atoms with E-state index < -0.39 is 5.97 Å². The maximum absolute atomic E-state index is 10.5. The van der Waals surface area contributed by atoms with E-state index >= 15 is 0 Å². The van der Waals surface area contributed by atoms with Crippen LogP contribution in [0.3, 0.4) is 0 Å². The van der Waals surface area contributed by atoms with Crippen molar-refractivity contribution in [3.05, 3.63) is 11.6 Å². The molecule has 82 valence electrons. The number of aliphatic carboxylic acids is 1. The maximum atomic E-state index is 10.5. The van der Waals surface area contributed by atoms with E-state index in [1.54, 1.807) is 20.1 Å². The van der Waals surface area contributed by atoms with Gasteiger partial charge in [-0.1, -0.05) is 6.08 Å². The predicted octanol–water partition coefficient (Wildman–Crippen LogP) is 2.61. The number of rotatable bonds is 6. The van der Waals surface area contributed by atoms with Gasteiger partial charge in [0.1, 0.15) is 0 Å². The monoisotopic (exact) mass is 200 g/mol. The van der Waals surface area contributed by atoms with Crippen molar-refractivity contribution in [1.82, 2.24) is 0 Å². The van der Waals surface area contributed by atoms with Crippen LogP contribution in [-0.4, -0.2) is 23.8 Å². The van der Waals surface area contributed by atoms with Crippen LogP contribution >= 0.6 is 0 Å². The SMILES string of the molecule is COC(C)(C)CCC/C=C(\C)C(=O)O. The predicted molar refractivity (Wildman–Crippen MR) is 56.3 cm³/mol. The number of allylic oxidation sites excluding steroid dienone is 1. The Labute approximate surface area is 85.8 Å². The lowest BCUT2D eigenvalue weighted by atomic mass is 10.0. The van der Waals surface area contributed by atoms with Gasteiger partial charge in [-0.25, -0.2) is 4.79 Å². The molecular weight excluding hydrogens is 180 g/mol. The number of methoxy groups -OCH3 is 1. The Bertz CT molecular complexity index is 217. The molecule has 14 heavy (non-hydrogen) atoms. The van der Waals surface area contributed by atoms with Crippen LogP contribution < -0.4 is 0 Å². The van der Waals surface area contributed by atoms with Crippen molar-refractivity contribution in [1.29, 1.82) is 0 Å². The first-order valence-electron chi connectivity index (χ1n) is 4.84. The molecule has 0 aliphatic heterocycles. The van der Waals surface area contributed by atoms with Crippen LogP contribution in [0, 0.1) is 0 Å². The van der Waals surface area contributed by atoms with Crippen LogP contribution in [0.2, 0.25) is 0 Å². The first kappa shape index (κ1) is 13.2. The van der Waals surface area contributed by atoms with Gasteiger partial charge in [-0.15, -0.1) is 0 Å². The number of hydrogen-bond acceptors (Lipinski definition) is 2. The van der Waals surface area contributed by atoms with Gasteiger partial charge in [-0.05, 0) is 40.0 Å². The molecule has 0 unspecified atom stereocenters. The van der Waals surface area contributed by atoms with Gasteiger partial charge in [-0.2, -0.15) is 0 Å². The summed E-state index contributed by atoms with van der Waals surface area (Å²) in [6.45, 7) is 5.67. The zero-order chi connectivity index (χ0) is 11.2. The third-order valence-corrected chi connectivity index (χ3v) is 2.32. The zero-order valence-electron chi connectivity index (χ0n) is 9.46. The van der Waals surface area contributed by atoms with Crippen molar-refractivity contribution in [2.24, 2.45) is 0 Å². The van der Waals surface area contributed by atoms with Crippen molar-refractivity contribution in [3.8, 4) is 0 Å². The molecule has 1 N–H and O–H groups in total. The first-order chi connectivity index (χ1) is 6.39. The fourth-order valence-corrected chi connectivity index (χ4v) is 1.04. The average Bonchev–Trinajstić information content (AvgIpc) is 2.12. The highest BCUT2D eigenvalue weighted by atomic mass is 16.5. The van der Waals surface area contributed by atoms with Gasteiger partial charge in [0.2, 0.25) is 0 Å². The lowest BCUT2D eigenvalue weighted by Gasteiger charge is -2.22. The molecule has 0 spiro atoms. The van der Waals surface area contributed by atoms with E-state index in [4.69, 9.17) is 9.84 Å². The van der Waals surface area contributed by atoms with Crippen molar-refractivity contribution in [2.45, 2.75) is 45.6 Å². The van der Waals surface area contributed by atoms with E-state index in [-0.39, 0.29) is 5.60 Å². The highest BCUT2D eigenvalue weighted by molar-refractivity contribution is 5.85. The maximum Gasteiger partial charge on any atom is 0.330 e. The minimum atomic E-state index is -0.837. The number of ether oxygens (including phenoxy) is 1. The number of carboxylic acids is 1. The summed E-state index contributed by atoms with van der Waals surface area (Å²) in [5.74, 6) is -0.837. The molecule has 0 atom stereocenters. The van der Waals surface area contributed by atoms with Crippen LogP contribution in [0.25, 0.3) is 0 Å². The van der Waals surface area contributed by atoms with Crippen LogP contribution in [0.15, 0.2) is 11.6 Å². The van der Waals surface area contributed by atoms with Gasteiger partial charge in [0.05, 0.1) is 5.60 Å². The molecule has 0 amide bonds. The van der Waals surface area contributed by atoms with Gasteiger partial charge < -0.3 is 9.84 Å². The van der Waals surface area contributed by atoms with Crippen LogP contribution in [0.4, 0.5) is 0 Å². The molecule has 3 heteroatoms. The van der Waals surface area contributed by atoms with E-state index in [1.165, 1.54) is 0 Å². The van der Waals surface area contributed by atoms with Crippen molar-refractivity contribution >= 4 is 5.97 Å². The summed E-state index contributed by atoms with van der Waals surface area (Å²) in [5, 5.41) is 8.59. The lowest BCUT2D eigenvalue weighted by molar-refractivity contribution is -0.132. The highest BCUT2D eigenvalue weighted by Crippen LogP contribution is 2.16. The van der Waals surface area contributed by atoms with Gasteiger partial charge in [-0.3, -0.25) is 0 Å². The molecule has 0 saturated carbocycles. The van der Waals surface area contributed by atoms with Gasteiger partial charge in [0.15, 0.2) is 0 Å². The molecule has 0 aliphatic rings. The van der Waals surface area contributed by atoms with E-state index in [2.05, 4.69) is 0 Å². The van der Waals surface area contributed by atoms with Gasteiger partial charge in [0.25, 0.3) is 0 Å². The van der Waals surface area contributed by atoms with E-state index in [0.717, 1.165) is 19.3 Å². The Hall–Kier alpha value is -0.830. The Balaban J connectivity index is 3.76. The summed E-state index contributed by atoms with van der Waals surface area (Å²) in [6, 6.07) is 0. The quantitative estimate of drug-likeness (QED) is 0.529. The molecule has 0 fully saturated rings. The van der Waals surface area contributed by atoms with E-state index in [9.17, 15) is 4.79 Å². The minimum Gasteiger partial charge on any atom is -0.478 e. The Kier molecular flexibility index (Phi) is 5.46. The van der Waals surface area contributed by atoms with Crippen LogP contribution in [-0.2, 0) is 9.53 Å². The van der Waals surface area contributed by atoms with Crippen molar-refractivity contribution in [2.75, 3.05) is 7.11 Å². The topological polar surface area (TPSA) is 46.5 Å². The standard InChI is InChI=1S/C11H20O3/c1-9(10(12)13)7-5-6-8-11(2,3)14-4/h7H,5-6,8H2,1-4H3,(H,12,13)/b9-7+. The second-order valence-electron chi connectivity index (χ2n) is 4.05. The number of carbonyl (C=O) groups is 1. The van der Waals surface area contributed by atoms with Crippen molar-refractivity contribution < 1.29 is 14.6 Å².